The zero-order valence-electron chi connectivity index (χ0n) is 16.7. The first kappa shape index (κ1) is 18.8. The average molecular weight is 403 g/mol. The molecule has 0 bridgehead atoms. The van der Waals surface area contributed by atoms with Gasteiger partial charge in [-0.25, -0.2) is 4.98 Å². The van der Waals surface area contributed by atoms with E-state index in [4.69, 9.17) is 0 Å². The number of aromatic amines is 2. The number of H-pyrrole nitrogens is 2. The van der Waals surface area contributed by atoms with Crippen molar-refractivity contribution in [2.24, 2.45) is 5.92 Å². The Bertz CT molecular complexity index is 1140. The molecule has 0 aliphatic carbocycles. The maximum atomic E-state index is 10.4. The monoisotopic (exact) mass is 403 g/mol. The Kier molecular flexibility index (Phi) is 4.98. The van der Waals surface area contributed by atoms with Crippen LogP contribution in [0.15, 0.2) is 48.9 Å². The van der Waals surface area contributed by atoms with Crippen molar-refractivity contribution in [2.45, 2.75) is 19.4 Å². The summed E-state index contributed by atoms with van der Waals surface area (Å²) in [6.45, 7) is 2.86. The van der Waals surface area contributed by atoms with Gasteiger partial charge in [-0.15, -0.1) is 0 Å². The molecule has 0 spiro atoms. The third-order valence-corrected chi connectivity index (χ3v) is 6.09. The van der Waals surface area contributed by atoms with Gasteiger partial charge in [0.1, 0.15) is 11.4 Å². The van der Waals surface area contributed by atoms with Crippen LogP contribution in [0.5, 0.6) is 5.75 Å². The molecule has 7 nitrogen and oxygen atoms in total. The van der Waals surface area contributed by atoms with Crippen LogP contribution in [0.3, 0.4) is 0 Å². The standard InChI is InChI=1S/C23H25N5O2/c29-14-15-4-7-28(8-5-15)13-18-9-16(1-2-22(18)30)17-10-19-20(21-3-6-26-27-21)12-25-23(19)24-11-17/h1-3,6,9-12,15,29-30H,4-5,7-8,13-14H2,(H,24,25)(H,26,27). The normalized spacial score (nSPS) is 15.8. The maximum absolute atomic E-state index is 10.4. The van der Waals surface area contributed by atoms with E-state index in [1.54, 1.807) is 12.3 Å². The van der Waals surface area contributed by atoms with Gasteiger partial charge in [0.2, 0.25) is 0 Å². The van der Waals surface area contributed by atoms with Gasteiger partial charge in [0, 0.05) is 53.8 Å². The fourth-order valence-corrected chi connectivity index (χ4v) is 4.25. The van der Waals surface area contributed by atoms with Crippen molar-refractivity contribution in [3.63, 3.8) is 0 Å². The van der Waals surface area contributed by atoms with E-state index in [1.165, 1.54) is 0 Å². The molecule has 1 aromatic carbocycles. The lowest BCUT2D eigenvalue weighted by Gasteiger charge is -2.31. The number of hydrogen-bond acceptors (Lipinski definition) is 5. The van der Waals surface area contributed by atoms with Crippen molar-refractivity contribution < 1.29 is 10.2 Å². The third kappa shape index (κ3) is 3.58. The first-order valence-corrected chi connectivity index (χ1v) is 10.3. The van der Waals surface area contributed by atoms with Crippen molar-refractivity contribution in [1.82, 2.24) is 25.1 Å². The summed E-state index contributed by atoms with van der Waals surface area (Å²) in [6, 6.07) is 9.81. The van der Waals surface area contributed by atoms with Gasteiger partial charge in [0.15, 0.2) is 0 Å². The SMILES string of the molecule is OCC1CCN(Cc2cc(-c3cnc4[nH]cc(-c5ccn[nH]5)c4c3)ccc2O)CC1. The van der Waals surface area contributed by atoms with Gasteiger partial charge in [-0.05, 0) is 61.7 Å². The number of hydrogen-bond donors (Lipinski definition) is 4. The summed E-state index contributed by atoms with van der Waals surface area (Å²) in [6.07, 6.45) is 7.54. The Morgan fingerprint density at radius 3 is 2.73 bits per heavy atom. The number of aromatic nitrogens is 4. The average Bonchev–Trinajstić information content (AvgIpc) is 3.45. The number of phenols is 1. The molecule has 30 heavy (non-hydrogen) atoms. The highest BCUT2D eigenvalue weighted by Gasteiger charge is 2.19. The number of phenolic OH excluding ortho intramolecular Hbond substituents is 1. The molecule has 4 heterocycles. The fourth-order valence-electron chi connectivity index (χ4n) is 4.25. The molecule has 0 radical (unpaired) electrons. The molecule has 0 atom stereocenters. The number of aliphatic hydroxyl groups is 1. The highest BCUT2D eigenvalue weighted by atomic mass is 16.3. The van der Waals surface area contributed by atoms with E-state index in [1.807, 2.05) is 24.5 Å². The number of fused-ring (bicyclic) bond motifs is 1. The van der Waals surface area contributed by atoms with Gasteiger partial charge in [-0.3, -0.25) is 10.00 Å². The molecule has 5 rings (SSSR count). The molecule has 1 fully saturated rings. The molecule has 4 N–H and O–H groups in total. The fraction of sp³-hybridized carbons (Fsp3) is 0.304. The Labute approximate surface area is 174 Å². The van der Waals surface area contributed by atoms with Crippen LogP contribution in [-0.2, 0) is 6.54 Å². The number of likely N-dealkylation sites (tertiary alicyclic amines) is 1. The lowest BCUT2D eigenvalue weighted by molar-refractivity contribution is 0.127. The smallest absolute Gasteiger partial charge is 0.137 e. The molecule has 154 valence electrons. The molecule has 3 aromatic heterocycles. The number of nitrogens with one attached hydrogen (secondary N) is 2. The molecular weight excluding hydrogens is 378 g/mol. The Hall–Kier alpha value is -3.16. The number of nitrogens with zero attached hydrogens (tertiary/aromatic N) is 3. The predicted octanol–water partition coefficient (Wildman–Crippen LogP) is 3.53. The lowest BCUT2D eigenvalue weighted by atomic mass is 9.97. The van der Waals surface area contributed by atoms with Gasteiger partial charge in [-0.1, -0.05) is 6.07 Å². The van der Waals surface area contributed by atoms with Crippen LogP contribution in [0.1, 0.15) is 18.4 Å². The zero-order chi connectivity index (χ0) is 20.5. The molecule has 0 saturated carbocycles. The quantitative estimate of drug-likeness (QED) is 0.408. The molecular formula is C23H25N5O2. The van der Waals surface area contributed by atoms with Crippen LogP contribution in [0.4, 0.5) is 0 Å². The summed E-state index contributed by atoms with van der Waals surface area (Å²) < 4.78 is 0. The van der Waals surface area contributed by atoms with Crippen molar-refractivity contribution >= 4 is 11.0 Å². The summed E-state index contributed by atoms with van der Waals surface area (Å²) in [4.78, 5) is 10.1. The molecule has 1 aliphatic rings. The van der Waals surface area contributed by atoms with Crippen molar-refractivity contribution in [3.05, 3.63) is 54.5 Å². The molecule has 7 heteroatoms. The highest BCUT2D eigenvalue weighted by Crippen LogP contribution is 2.32. The summed E-state index contributed by atoms with van der Waals surface area (Å²) >= 11 is 0. The van der Waals surface area contributed by atoms with E-state index in [0.29, 0.717) is 18.2 Å². The van der Waals surface area contributed by atoms with Crippen LogP contribution in [0.2, 0.25) is 0 Å². The maximum Gasteiger partial charge on any atom is 0.137 e. The lowest BCUT2D eigenvalue weighted by Crippen LogP contribution is -2.34. The van der Waals surface area contributed by atoms with Crippen LogP contribution in [0.25, 0.3) is 33.4 Å². The van der Waals surface area contributed by atoms with Crippen LogP contribution in [-0.4, -0.2) is 55.0 Å². The summed E-state index contributed by atoms with van der Waals surface area (Å²) in [7, 11) is 0. The summed E-state index contributed by atoms with van der Waals surface area (Å²) in [5, 5.41) is 27.8. The molecule has 0 unspecified atom stereocenters. The minimum absolute atomic E-state index is 0.268. The second kappa shape index (κ2) is 7.93. The largest absolute Gasteiger partial charge is 0.508 e. The summed E-state index contributed by atoms with van der Waals surface area (Å²) in [5.74, 6) is 0.723. The predicted molar refractivity (Wildman–Crippen MR) is 116 cm³/mol. The van der Waals surface area contributed by atoms with E-state index in [0.717, 1.165) is 64.9 Å². The van der Waals surface area contributed by atoms with Gasteiger partial charge < -0.3 is 15.2 Å². The Balaban J connectivity index is 1.44. The van der Waals surface area contributed by atoms with E-state index < -0.39 is 0 Å². The number of pyridine rings is 1. The molecule has 0 amide bonds. The number of benzene rings is 1. The highest BCUT2D eigenvalue weighted by molar-refractivity contribution is 5.94. The number of rotatable bonds is 5. The topological polar surface area (TPSA) is 101 Å². The van der Waals surface area contributed by atoms with E-state index >= 15 is 0 Å². The molecule has 4 aromatic rings. The van der Waals surface area contributed by atoms with Crippen molar-refractivity contribution in [1.29, 1.82) is 0 Å². The van der Waals surface area contributed by atoms with Gasteiger partial charge in [0.25, 0.3) is 0 Å². The summed E-state index contributed by atoms with van der Waals surface area (Å²) in [5.41, 5.74) is 5.75. The van der Waals surface area contributed by atoms with E-state index in [9.17, 15) is 10.2 Å². The van der Waals surface area contributed by atoms with Crippen molar-refractivity contribution in [3.8, 4) is 28.1 Å². The Morgan fingerprint density at radius 1 is 1.10 bits per heavy atom. The van der Waals surface area contributed by atoms with Gasteiger partial charge in [-0.2, -0.15) is 5.10 Å². The molecule has 1 aliphatic heterocycles. The minimum Gasteiger partial charge on any atom is -0.508 e. The van der Waals surface area contributed by atoms with Crippen LogP contribution < -0.4 is 0 Å². The van der Waals surface area contributed by atoms with Crippen LogP contribution in [0, 0.1) is 5.92 Å². The van der Waals surface area contributed by atoms with E-state index in [2.05, 4.69) is 37.2 Å². The zero-order valence-corrected chi connectivity index (χ0v) is 16.7. The van der Waals surface area contributed by atoms with Gasteiger partial charge >= 0.3 is 0 Å². The number of piperidine rings is 1. The molecule has 1 saturated heterocycles. The van der Waals surface area contributed by atoms with Crippen molar-refractivity contribution in [2.75, 3.05) is 19.7 Å². The Morgan fingerprint density at radius 2 is 1.97 bits per heavy atom. The van der Waals surface area contributed by atoms with Crippen LogP contribution >= 0.6 is 0 Å². The number of aromatic hydroxyl groups is 1. The number of aliphatic hydroxyl groups excluding tert-OH is 1. The third-order valence-electron chi connectivity index (χ3n) is 6.09. The first-order chi connectivity index (χ1) is 14.7. The second-order valence-electron chi connectivity index (χ2n) is 8.04. The second-order valence-corrected chi connectivity index (χ2v) is 8.04. The van der Waals surface area contributed by atoms with Gasteiger partial charge in [0.05, 0.1) is 5.69 Å². The van der Waals surface area contributed by atoms with E-state index in [-0.39, 0.29) is 6.61 Å². The minimum atomic E-state index is 0.268. The first-order valence-electron chi connectivity index (χ1n) is 10.3.